The average molecular weight is 605 g/mol. The summed E-state index contributed by atoms with van der Waals surface area (Å²) in [5, 5.41) is 14.2. The number of methoxy groups -OCH3 is 1. The Hall–Kier alpha value is -4.44. The van der Waals surface area contributed by atoms with Crippen molar-refractivity contribution in [3.63, 3.8) is 0 Å². The number of dihydropyridines is 1. The van der Waals surface area contributed by atoms with E-state index in [2.05, 4.69) is 21.2 Å². The third-order valence-corrected chi connectivity index (χ3v) is 7.44. The van der Waals surface area contributed by atoms with Gasteiger partial charge in [-0.25, -0.2) is 4.79 Å². The predicted octanol–water partition coefficient (Wildman–Crippen LogP) is 6.08. The van der Waals surface area contributed by atoms with Gasteiger partial charge in [0, 0.05) is 40.4 Å². The highest BCUT2D eigenvalue weighted by atomic mass is 79.9. The lowest BCUT2D eigenvalue weighted by Crippen LogP contribution is -2.29. The molecular weight excluding hydrogens is 580 g/mol. The molecule has 40 heavy (non-hydrogen) atoms. The lowest BCUT2D eigenvalue weighted by atomic mass is 9.79. The van der Waals surface area contributed by atoms with Crippen LogP contribution < -0.4 is 14.8 Å². The number of fused-ring (bicyclic) bond motifs is 2. The van der Waals surface area contributed by atoms with Gasteiger partial charge in [-0.1, -0.05) is 24.3 Å². The van der Waals surface area contributed by atoms with E-state index in [0.717, 1.165) is 11.1 Å². The fraction of sp³-hybridized carbons (Fsp3) is 0.200. The number of hydrogen-bond acceptors (Lipinski definition) is 8. The van der Waals surface area contributed by atoms with Gasteiger partial charge in [-0.2, -0.15) is 0 Å². The van der Waals surface area contributed by atoms with Crippen LogP contribution in [0.15, 0.2) is 82.0 Å². The van der Waals surface area contributed by atoms with Gasteiger partial charge in [0.05, 0.1) is 34.4 Å². The van der Waals surface area contributed by atoms with E-state index in [-0.39, 0.29) is 18.1 Å². The Morgan fingerprint density at radius 3 is 2.42 bits per heavy atom. The van der Waals surface area contributed by atoms with Crippen molar-refractivity contribution in [2.45, 2.75) is 26.4 Å². The van der Waals surface area contributed by atoms with E-state index >= 15 is 0 Å². The molecule has 0 saturated heterocycles. The summed E-state index contributed by atoms with van der Waals surface area (Å²) >= 11 is 3.60. The molecule has 0 fully saturated rings. The van der Waals surface area contributed by atoms with Gasteiger partial charge in [-0.05, 0) is 65.2 Å². The van der Waals surface area contributed by atoms with Crippen LogP contribution in [0.4, 0.5) is 5.69 Å². The Morgan fingerprint density at radius 2 is 1.77 bits per heavy atom. The average Bonchev–Trinajstić information content (AvgIpc) is 3.23. The Bertz CT molecular complexity index is 1610. The lowest BCUT2D eigenvalue weighted by molar-refractivity contribution is -0.384. The maximum atomic E-state index is 13.7. The lowest BCUT2D eigenvalue weighted by Gasteiger charge is -2.29. The number of allylic oxidation sites excluding steroid dienone is 2. The molecule has 2 aliphatic rings. The Labute approximate surface area is 238 Å². The molecule has 1 atom stereocenters. The molecule has 0 aromatic heterocycles. The second-order valence-corrected chi connectivity index (χ2v) is 10.1. The van der Waals surface area contributed by atoms with Gasteiger partial charge in [-0.3, -0.25) is 14.9 Å². The fourth-order valence-electron chi connectivity index (χ4n) is 5.07. The van der Waals surface area contributed by atoms with Crippen LogP contribution in [0.3, 0.4) is 0 Å². The van der Waals surface area contributed by atoms with Crippen LogP contribution in [-0.2, 0) is 16.1 Å². The quantitative estimate of drug-likeness (QED) is 0.187. The van der Waals surface area contributed by atoms with Gasteiger partial charge in [0.15, 0.2) is 17.3 Å². The molecule has 5 rings (SSSR count). The largest absolute Gasteiger partial charge is 0.490 e. The first-order valence-corrected chi connectivity index (χ1v) is 13.3. The monoisotopic (exact) mass is 604 g/mol. The van der Waals surface area contributed by atoms with Crippen molar-refractivity contribution in [3.8, 4) is 11.5 Å². The molecule has 0 radical (unpaired) electrons. The van der Waals surface area contributed by atoms with E-state index in [0.29, 0.717) is 56.2 Å². The Morgan fingerprint density at radius 1 is 1.07 bits per heavy atom. The van der Waals surface area contributed by atoms with E-state index in [4.69, 9.17) is 14.2 Å². The molecule has 1 heterocycles. The summed E-state index contributed by atoms with van der Waals surface area (Å²) in [5.41, 5.74) is 4.77. The molecule has 0 bridgehead atoms. The number of Topliss-reactive ketones (excluding diaryl/α,β-unsaturated/α-hetero) is 1. The minimum absolute atomic E-state index is 0.00620. The van der Waals surface area contributed by atoms with Crippen LogP contribution >= 0.6 is 15.9 Å². The summed E-state index contributed by atoms with van der Waals surface area (Å²) in [5.74, 6) is -0.585. The minimum atomic E-state index is -0.720. The summed E-state index contributed by atoms with van der Waals surface area (Å²) in [7, 11) is 1.31. The van der Waals surface area contributed by atoms with Gasteiger partial charge >= 0.3 is 5.97 Å². The zero-order valence-corrected chi connectivity index (χ0v) is 23.5. The standard InChI is InChI=1S/C30H25BrN2O7/c1-4-39-23-14-18(13-22(31)29(23)40-15-17-9-11-19(12-10-17)33(36)37)25-24(30(35)38-3)16(2)32-27-20-7-5-6-8-21(20)28(34)26(25)27/h5-14,25,32H,4,15H2,1-3H3/t25-/m1/s1. The summed E-state index contributed by atoms with van der Waals surface area (Å²) in [6.45, 7) is 4.10. The number of nitrogens with one attached hydrogen (secondary N) is 1. The van der Waals surface area contributed by atoms with Crippen LogP contribution in [-0.4, -0.2) is 30.4 Å². The maximum Gasteiger partial charge on any atom is 0.336 e. The highest BCUT2D eigenvalue weighted by Gasteiger charge is 2.43. The molecular formula is C30H25BrN2O7. The third-order valence-electron chi connectivity index (χ3n) is 6.85. The van der Waals surface area contributed by atoms with Crippen molar-refractivity contribution in [1.82, 2.24) is 5.32 Å². The third kappa shape index (κ3) is 4.75. The summed E-state index contributed by atoms with van der Waals surface area (Å²) in [6.07, 6.45) is 0. The Balaban J connectivity index is 1.57. The smallest absolute Gasteiger partial charge is 0.336 e. The fourth-order valence-corrected chi connectivity index (χ4v) is 5.64. The molecule has 0 spiro atoms. The first kappa shape index (κ1) is 27.1. The topological polar surface area (TPSA) is 117 Å². The summed E-state index contributed by atoms with van der Waals surface area (Å²) < 4.78 is 17.7. The van der Waals surface area contributed by atoms with Crippen LogP contribution in [0.5, 0.6) is 11.5 Å². The zero-order valence-electron chi connectivity index (χ0n) is 21.9. The SMILES string of the molecule is CCOc1cc([C@@H]2C(C(=O)OC)=C(C)NC3=C2C(=O)c2ccccc23)cc(Br)c1OCc1ccc([N+](=O)[O-])cc1. The minimum Gasteiger partial charge on any atom is -0.490 e. The molecule has 3 aromatic carbocycles. The van der Waals surface area contributed by atoms with Gasteiger partial charge in [0.2, 0.25) is 0 Å². The molecule has 204 valence electrons. The van der Waals surface area contributed by atoms with Crippen LogP contribution in [0.2, 0.25) is 0 Å². The predicted molar refractivity (Wildman–Crippen MR) is 151 cm³/mol. The van der Waals surface area contributed by atoms with Crippen LogP contribution in [0, 0.1) is 10.1 Å². The summed E-state index contributed by atoms with van der Waals surface area (Å²) in [6, 6.07) is 17.0. The van der Waals surface area contributed by atoms with Crippen LogP contribution in [0.25, 0.3) is 5.70 Å². The molecule has 1 N–H and O–H groups in total. The number of ether oxygens (including phenoxy) is 3. The van der Waals surface area contributed by atoms with Gasteiger partial charge in [0.1, 0.15) is 6.61 Å². The number of hydrogen-bond donors (Lipinski definition) is 1. The molecule has 1 aliphatic heterocycles. The molecule has 0 amide bonds. The number of nitro benzene ring substituents is 1. The molecule has 9 nitrogen and oxygen atoms in total. The van der Waals surface area contributed by atoms with Crippen molar-refractivity contribution < 1.29 is 28.7 Å². The van der Waals surface area contributed by atoms with Crippen molar-refractivity contribution in [1.29, 1.82) is 0 Å². The molecule has 3 aromatic rings. The van der Waals surface area contributed by atoms with E-state index in [9.17, 15) is 19.7 Å². The molecule has 10 heteroatoms. The number of rotatable bonds is 8. The normalized spacial score (nSPS) is 15.8. The number of ketones is 1. The van der Waals surface area contributed by atoms with E-state index in [1.165, 1.54) is 19.2 Å². The Kier molecular flexibility index (Phi) is 7.44. The molecule has 1 aliphatic carbocycles. The van der Waals surface area contributed by atoms with Gasteiger partial charge < -0.3 is 19.5 Å². The first-order valence-electron chi connectivity index (χ1n) is 12.5. The second kappa shape index (κ2) is 11.0. The van der Waals surface area contributed by atoms with Crippen molar-refractivity contribution in [3.05, 3.63) is 114 Å². The van der Waals surface area contributed by atoms with E-state index in [1.54, 1.807) is 37.3 Å². The molecule has 0 unspecified atom stereocenters. The van der Waals surface area contributed by atoms with Crippen molar-refractivity contribution in [2.75, 3.05) is 13.7 Å². The number of non-ortho nitro benzene ring substituents is 1. The highest BCUT2D eigenvalue weighted by molar-refractivity contribution is 9.10. The number of nitro groups is 1. The number of nitrogens with zero attached hydrogens (tertiary/aromatic N) is 1. The number of esters is 1. The number of carbonyl (C=O) groups excluding carboxylic acids is 2. The van der Waals surface area contributed by atoms with Crippen LogP contribution in [0.1, 0.15) is 46.8 Å². The summed E-state index contributed by atoms with van der Waals surface area (Å²) in [4.78, 5) is 37.2. The molecule has 0 saturated carbocycles. The van der Waals surface area contributed by atoms with E-state index < -0.39 is 16.8 Å². The zero-order chi connectivity index (χ0) is 28.6. The number of halogens is 1. The van der Waals surface area contributed by atoms with Gasteiger partial charge in [0.25, 0.3) is 5.69 Å². The second-order valence-electron chi connectivity index (χ2n) is 9.23. The van der Waals surface area contributed by atoms with Crippen molar-refractivity contribution in [2.24, 2.45) is 0 Å². The first-order chi connectivity index (χ1) is 19.2. The number of carbonyl (C=O) groups is 2. The maximum absolute atomic E-state index is 13.7. The number of benzene rings is 3. The van der Waals surface area contributed by atoms with E-state index in [1.807, 2.05) is 25.1 Å². The highest BCUT2D eigenvalue weighted by Crippen LogP contribution is 2.49. The van der Waals surface area contributed by atoms with Gasteiger partial charge in [-0.15, -0.1) is 0 Å². The van der Waals surface area contributed by atoms with Crippen molar-refractivity contribution >= 4 is 39.1 Å².